The van der Waals surface area contributed by atoms with Gasteiger partial charge in [0.2, 0.25) is 5.91 Å². The van der Waals surface area contributed by atoms with Gasteiger partial charge in [-0.05, 0) is 64.5 Å². The monoisotopic (exact) mass is 372 g/mol. The summed E-state index contributed by atoms with van der Waals surface area (Å²) in [5.74, 6) is -0.988. The molecule has 0 aromatic carbocycles. The number of hydrogen-bond acceptors (Lipinski definition) is 4. The van der Waals surface area contributed by atoms with Gasteiger partial charge in [0.25, 0.3) is 0 Å². The van der Waals surface area contributed by atoms with Crippen LogP contribution in [0.4, 0.5) is 0 Å². The fraction of sp³-hybridized carbons (Fsp3) is 0.600. The number of aliphatic carboxylic acids is 1. The van der Waals surface area contributed by atoms with E-state index in [0.717, 1.165) is 40.7 Å². The van der Waals surface area contributed by atoms with Gasteiger partial charge in [0, 0.05) is 30.1 Å². The minimum Gasteiger partial charge on any atom is -0.480 e. The van der Waals surface area contributed by atoms with Crippen molar-refractivity contribution < 1.29 is 14.7 Å². The highest BCUT2D eigenvalue weighted by Crippen LogP contribution is 2.26. The molecular weight excluding hydrogens is 344 g/mol. The summed E-state index contributed by atoms with van der Waals surface area (Å²) in [6.07, 6.45) is 4.98. The van der Waals surface area contributed by atoms with Crippen LogP contribution in [0.15, 0.2) is 6.20 Å². The Morgan fingerprint density at radius 1 is 1.30 bits per heavy atom. The number of aromatic nitrogens is 3. The standard InChI is InChI=1S/C20H28N4O3/c1-12(2)24-19-16(11-21-24)13(3)15(14(4)22-19)8-9-18(25)23-10-6-5-7-17(23)20(26)27/h11-12,17H,5-10H2,1-4H3,(H,26,27). The number of rotatable bonds is 5. The maximum atomic E-state index is 12.7. The van der Waals surface area contributed by atoms with E-state index >= 15 is 0 Å². The molecule has 2 aromatic rings. The molecule has 1 amide bonds. The fourth-order valence-corrected chi connectivity index (χ4v) is 4.00. The van der Waals surface area contributed by atoms with Crippen molar-refractivity contribution in [1.82, 2.24) is 19.7 Å². The van der Waals surface area contributed by atoms with E-state index in [-0.39, 0.29) is 11.9 Å². The Hall–Kier alpha value is -2.44. The second-order valence-corrected chi connectivity index (χ2v) is 7.66. The molecule has 1 aliphatic heterocycles. The first-order valence-electron chi connectivity index (χ1n) is 9.66. The van der Waals surface area contributed by atoms with Crippen LogP contribution in [0.5, 0.6) is 0 Å². The van der Waals surface area contributed by atoms with Crippen molar-refractivity contribution in [3.05, 3.63) is 23.0 Å². The molecule has 7 nitrogen and oxygen atoms in total. The third-order valence-corrected chi connectivity index (χ3v) is 5.52. The lowest BCUT2D eigenvalue weighted by atomic mass is 9.98. The van der Waals surface area contributed by atoms with E-state index in [1.54, 1.807) is 4.90 Å². The lowest BCUT2D eigenvalue weighted by Crippen LogP contribution is -2.48. The highest BCUT2D eigenvalue weighted by Gasteiger charge is 2.31. The van der Waals surface area contributed by atoms with Gasteiger partial charge in [0.15, 0.2) is 5.65 Å². The molecule has 0 bridgehead atoms. The van der Waals surface area contributed by atoms with Crippen molar-refractivity contribution in [2.24, 2.45) is 0 Å². The van der Waals surface area contributed by atoms with Gasteiger partial charge >= 0.3 is 5.97 Å². The molecule has 146 valence electrons. The molecule has 1 unspecified atom stereocenters. The van der Waals surface area contributed by atoms with Crippen LogP contribution in [0.3, 0.4) is 0 Å². The van der Waals surface area contributed by atoms with Crippen molar-refractivity contribution in [3.63, 3.8) is 0 Å². The van der Waals surface area contributed by atoms with E-state index in [2.05, 4.69) is 18.9 Å². The Kier molecular flexibility index (Phi) is 5.48. The molecule has 27 heavy (non-hydrogen) atoms. The van der Waals surface area contributed by atoms with E-state index in [0.29, 0.717) is 25.8 Å². The number of aryl methyl sites for hydroxylation is 2. The number of nitrogens with zero attached hydrogens (tertiary/aromatic N) is 4. The van der Waals surface area contributed by atoms with E-state index in [9.17, 15) is 14.7 Å². The molecular formula is C20H28N4O3. The average Bonchev–Trinajstić information content (AvgIpc) is 3.05. The number of amides is 1. The molecule has 1 atom stereocenters. The molecule has 7 heteroatoms. The lowest BCUT2D eigenvalue weighted by molar-refractivity contribution is -0.152. The maximum Gasteiger partial charge on any atom is 0.326 e. The fourth-order valence-electron chi connectivity index (χ4n) is 4.00. The van der Waals surface area contributed by atoms with Gasteiger partial charge < -0.3 is 10.0 Å². The summed E-state index contributed by atoms with van der Waals surface area (Å²) in [6, 6.07) is -0.452. The van der Waals surface area contributed by atoms with Crippen molar-refractivity contribution >= 4 is 22.9 Å². The molecule has 3 heterocycles. The summed E-state index contributed by atoms with van der Waals surface area (Å²) in [4.78, 5) is 30.4. The molecule has 0 radical (unpaired) electrons. The third kappa shape index (κ3) is 3.68. The van der Waals surface area contributed by atoms with Gasteiger partial charge in [-0.2, -0.15) is 5.10 Å². The number of likely N-dealkylation sites (tertiary alicyclic amines) is 1. The zero-order chi connectivity index (χ0) is 19.7. The number of fused-ring (bicyclic) bond motifs is 1. The number of piperidine rings is 1. The van der Waals surface area contributed by atoms with Crippen molar-refractivity contribution in [1.29, 1.82) is 0 Å². The molecule has 1 N–H and O–H groups in total. The van der Waals surface area contributed by atoms with Gasteiger partial charge in [-0.25, -0.2) is 14.5 Å². The molecule has 3 rings (SSSR count). The topological polar surface area (TPSA) is 88.3 Å². The first-order valence-corrected chi connectivity index (χ1v) is 9.66. The van der Waals surface area contributed by atoms with Gasteiger partial charge in [-0.3, -0.25) is 4.79 Å². The smallest absolute Gasteiger partial charge is 0.326 e. The van der Waals surface area contributed by atoms with Gasteiger partial charge in [-0.1, -0.05) is 0 Å². The number of carbonyl (C=O) groups is 2. The van der Waals surface area contributed by atoms with Crippen LogP contribution in [0.1, 0.15) is 62.4 Å². The average molecular weight is 372 g/mol. The summed E-state index contributed by atoms with van der Waals surface area (Å²) in [7, 11) is 0. The quantitative estimate of drug-likeness (QED) is 0.871. The first-order chi connectivity index (χ1) is 12.8. The van der Waals surface area contributed by atoms with Crippen molar-refractivity contribution in [3.8, 4) is 0 Å². The lowest BCUT2D eigenvalue weighted by Gasteiger charge is -2.33. The second-order valence-electron chi connectivity index (χ2n) is 7.66. The highest BCUT2D eigenvalue weighted by molar-refractivity contribution is 5.84. The number of carbonyl (C=O) groups excluding carboxylic acids is 1. The Labute approximate surface area is 159 Å². The van der Waals surface area contributed by atoms with Crippen LogP contribution in [0.25, 0.3) is 11.0 Å². The molecule has 0 aliphatic carbocycles. The summed E-state index contributed by atoms with van der Waals surface area (Å²) >= 11 is 0. The van der Waals surface area contributed by atoms with E-state index in [1.807, 2.05) is 24.7 Å². The second kappa shape index (κ2) is 7.66. The Bertz CT molecular complexity index is 872. The molecule has 0 saturated carbocycles. The SMILES string of the molecule is Cc1nc2c(cnn2C(C)C)c(C)c1CCC(=O)N1CCCCC1C(=O)O. The van der Waals surface area contributed by atoms with E-state index < -0.39 is 12.0 Å². The number of carboxylic acid groups (broad SMARTS) is 1. The zero-order valence-electron chi connectivity index (χ0n) is 16.5. The van der Waals surface area contributed by atoms with E-state index in [4.69, 9.17) is 4.98 Å². The van der Waals surface area contributed by atoms with Crippen LogP contribution < -0.4 is 0 Å². The Morgan fingerprint density at radius 2 is 2.04 bits per heavy atom. The summed E-state index contributed by atoms with van der Waals surface area (Å²) in [5.41, 5.74) is 3.94. The Morgan fingerprint density at radius 3 is 2.70 bits per heavy atom. The van der Waals surface area contributed by atoms with Crippen LogP contribution in [-0.4, -0.2) is 49.2 Å². The van der Waals surface area contributed by atoms with Gasteiger partial charge in [0.1, 0.15) is 6.04 Å². The van der Waals surface area contributed by atoms with Crippen LogP contribution in [-0.2, 0) is 16.0 Å². The normalized spacial score (nSPS) is 17.7. The van der Waals surface area contributed by atoms with Crippen LogP contribution >= 0.6 is 0 Å². The molecule has 0 spiro atoms. The first kappa shape index (κ1) is 19.3. The Balaban J connectivity index is 1.80. The predicted molar refractivity (Wildman–Crippen MR) is 103 cm³/mol. The number of pyridine rings is 1. The van der Waals surface area contributed by atoms with Crippen molar-refractivity contribution in [2.75, 3.05) is 6.54 Å². The number of hydrogen-bond donors (Lipinski definition) is 1. The van der Waals surface area contributed by atoms with Crippen LogP contribution in [0.2, 0.25) is 0 Å². The summed E-state index contributed by atoms with van der Waals surface area (Å²) < 4.78 is 1.91. The molecule has 2 aromatic heterocycles. The molecule has 1 aliphatic rings. The minimum absolute atomic E-state index is 0.0844. The molecule has 1 saturated heterocycles. The van der Waals surface area contributed by atoms with Gasteiger partial charge in [-0.15, -0.1) is 0 Å². The van der Waals surface area contributed by atoms with E-state index in [1.165, 1.54) is 0 Å². The highest BCUT2D eigenvalue weighted by atomic mass is 16.4. The van der Waals surface area contributed by atoms with Gasteiger partial charge in [0.05, 0.1) is 6.20 Å². The summed E-state index contributed by atoms with van der Waals surface area (Å²) in [6.45, 7) is 8.69. The zero-order valence-corrected chi connectivity index (χ0v) is 16.5. The predicted octanol–water partition coefficient (Wildman–Crippen LogP) is 3.03. The minimum atomic E-state index is -0.903. The largest absolute Gasteiger partial charge is 0.480 e. The summed E-state index contributed by atoms with van der Waals surface area (Å²) in [5, 5.41) is 14.8. The van der Waals surface area contributed by atoms with Crippen LogP contribution in [0, 0.1) is 13.8 Å². The molecule has 1 fully saturated rings. The third-order valence-electron chi connectivity index (χ3n) is 5.52. The van der Waals surface area contributed by atoms with Crippen molar-refractivity contribution in [2.45, 2.75) is 71.9 Å². The number of carboxylic acids is 1. The maximum absolute atomic E-state index is 12.7.